The van der Waals surface area contributed by atoms with E-state index in [1.165, 1.54) is 0 Å². The number of carbonyl (C=O) groups excluding carboxylic acids is 4. The van der Waals surface area contributed by atoms with Gasteiger partial charge in [-0.05, 0) is 80.3 Å². The smallest absolute Gasteiger partial charge is 0.273 e. The van der Waals surface area contributed by atoms with Crippen LogP contribution in [-0.2, 0) is 22.4 Å². The molecule has 4 amide bonds. The Hall–Kier alpha value is -4.08. The highest BCUT2D eigenvalue weighted by Crippen LogP contribution is 2.24. The average molecular weight is 639 g/mol. The topological polar surface area (TPSA) is 157 Å². The molecule has 0 radical (unpaired) electrons. The SMILES string of the molecule is CCCCCc1ccc(C(=O)NNC(=O)C(CCC)CC(CCCC)C(=O)NNC(=O)c2ccc(CCCCC)cc2O)c(O)c1. The Labute approximate surface area is 274 Å². The molecule has 2 aromatic carbocycles. The zero-order valence-corrected chi connectivity index (χ0v) is 28.0. The summed E-state index contributed by atoms with van der Waals surface area (Å²) >= 11 is 0. The van der Waals surface area contributed by atoms with Crippen LogP contribution < -0.4 is 21.7 Å². The van der Waals surface area contributed by atoms with Gasteiger partial charge in [-0.3, -0.25) is 40.9 Å². The summed E-state index contributed by atoms with van der Waals surface area (Å²) in [6, 6.07) is 9.84. The van der Waals surface area contributed by atoms with Crippen molar-refractivity contribution in [3.63, 3.8) is 0 Å². The minimum atomic E-state index is -0.638. The van der Waals surface area contributed by atoms with Crippen molar-refractivity contribution in [2.24, 2.45) is 11.8 Å². The molecule has 0 bridgehead atoms. The Morgan fingerprint density at radius 3 is 1.39 bits per heavy atom. The molecule has 2 atom stereocenters. The Morgan fingerprint density at radius 1 is 0.565 bits per heavy atom. The van der Waals surface area contributed by atoms with Gasteiger partial charge in [0.2, 0.25) is 11.8 Å². The number of hydrogen-bond acceptors (Lipinski definition) is 6. The molecule has 2 rings (SSSR count). The number of hydrazine groups is 2. The van der Waals surface area contributed by atoms with Gasteiger partial charge >= 0.3 is 0 Å². The third-order valence-corrected chi connectivity index (χ3v) is 8.20. The summed E-state index contributed by atoms with van der Waals surface area (Å²) in [5.41, 5.74) is 11.7. The Kier molecular flexibility index (Phi) is 17.3. The van der Waals surface area contributed by atoms with Crippen molar-refractivity contribution >= 4 is 23.6 Å². The van der Waals surface area contributed by atoms with Crippen LogP contribution in [0.3, 0.4) is 0 Å². The highest BCUT2D eigenvalue weighted by molar-refractivity contribution is 5.98. The molecule has 0 heterocycles. The maximum atomic E-state index is 13.2. The summed E-state index contributed by atoms with van der Waals surface area (Å²) in [6.07, 6.45) is 11.4. The molecule has 0 saturated carbocycles. The summed E-state index contributed by atoms with van der Waals surface area (Å²) in [6.45, 7) is 8.17. The van der Waals surface area contributed by atoms with Crippen molar-refractivity contribution in [1.82, 2.24) is 21.7 Å². The molecule has 2 aromatic rings. The van der Waals surface area contributed by atoms with E-state index in [1.54, 1.807) is 36.4 Å². The zero-order chi connectivity index (χ0) is 33.9. The molecule has 2 unspecified atom stereocenters. The largest absolute Gasteiger partial charge is 0.507 e. The molecule has 0 aromatic heterocycles. The maximum Gasteiger partial charge on any atom is 0.273 e. The molecule has 10 nitrogen and oxygen atoms in total. The van der Waals surface area contributed by atoms with Gasteiger partial charge in [0, 0.05) is 11.8 Å². The van der Waals surface area contributed by atoms with Gasteiger partial charge in [-0.1, -0.05) is 84.8 Å². The van der Waals surface area contributed by atoms with Crippen molar-refractivity contribution in [2.45, 2.75) is 118 Å². The zero-order valence-electron chi connectivity index (χ0n) is 28.0. The van der Waals surface area contributed by atoms with Crippen LogP contribution in [-0.4, -0.2) is 33.8 Å². The van der Waals surface area contributed by atoms with Crippen molar-refractivity contribution in [2.75, 3.05) is 0 Å². The Morgan fingerprint density at radius 2 is 1.00 bits per heavy atom. The lowest BCUT2D eigenvalue weighted by Gasteiger charge is -2.23. The summed E-state index contributed by atoms with van der Waals surface area (Å²) in [5.74, 6) is -3.59. The molecule has 0 saturated heterocycles. The van der Waals surface area contributed by atoms with Crippen molar-refractivity contribution in [1.29, 1.82) is 0 Å². The number of aromatic hydroxyl groups is 2. The standard InChI is InChI=1S/C36H54N4O6/c1-5-9-12-15-25-18-20-29(31(41)22-25)35(45)39-37-33(43)27(14-8-4)24-28(17-11-7-3)34(44)38-40-36(46)30-21-19-26(23-32(30)42)16-13-10-6-2/h18-23,27-28,41-42H,5-17,24H2,1-4H3,(H,37,43)(H,38,44)(H,39,45)(H,40,46). The lowest BCUT2D eigenvalue weighted by molar-refractivity contribution is -0.129. The number of amides is 4. The lowest BCUT2D eigenvalue weighted by Crippen LogP contribution is -2.47. The van der Waals surface area contributed by atoms with Crippen LogP contribution in [0.15, 0.2) is 36.4 Å². The Bertz CT molecular complexity index is 1280. The van der Waals surface area contributed by atoms with E-state index >= 15 is 0 Å². The third kappa shape index (κ3) is 12.7. The van der Waals surface area contributed by atoms with Crippen LogP contribution in [0, 0.1) is 11.8 Å². The maximum absolute atomic E-state index is 13.2. The minimum absolute atomic E-state index is 0.0553. The molecule has 0 aliphatic rings. The highest BCUT2D eigenvalue weighted by atomic mass is 16.3. The van der Waals surface area contributed by atoms with E-state index in [0.29, 0.717) is 19.3 Å². The molecule has 6 N–H and O–H groups in total. The van der Waals surface area contributed by atoms with Gasteiger partial charge in [0.1, 0.15) is 11.5 Å². The number of aryl methyl sites for hydroxylation is 2. The number of phenolic OH excluding ortho intramolecular Hbond substituents is 2. The van der Waals surface area contributed by atoms with E-state index in [0.717, 1.165) is 75.3 Å². The van der Waals surface area contributed by atoms with E-state index in [4.69, 9.17) is 0 Å². The fourth-order valence-corrected chi connectivity index (χ4v) is 5.44. The van der Waals surface area contributed by atoms with Crippen molar-refractivity contribution in [3.05, 3.63) is 58.7 Å². The Balaban J connectivity index is 2.00. The minimum Gasteiger partial charge on any atom is -0.507 e. The van der Waals surface area contributed by atoms with Gasteiger partial charge in [0.25, 0.3) is 11.8 Å². The van der Waals surface area contributed by atoms with Gasteiger partial charge in [0.15, 0.2) is 0 Å². The molecule has 0 fully saturated rings. The molecule has 0 spiro atoms. The number of carbonyl (C=O) groups is 4. The average Bonchev–Trinajstić information content (AvgIpc) is 3.04. The second-order valence-electron chi connectivity index (χ2n) is 12.1. The van der Waals surface area contributed by atoms with Crippen LogP contribution >= 0.6 is 0 Å². The lowest BCUT2D eigenvalue weighted by atomic mass is 9.87. The van der Waals surface area contributed by atoms with Crippen LogP contribution in [0.4, 0.5) is 0 Å². The van der Waals surface area contributed by atoms with Gasteiger partial charge in [-0.15, -0.1) is 0 Å². The molecule has 46 heavy (non-hydrogen) atoms. The third-order valence-electron chi connectivity index (χ3n) is 8.20. The number of unbranched alkanes of at least 4 members (excludes halogenated alkanes) is 5. The molecular weight excluding hydrogens is 584 g/mol. The van der Waals surface area contributed by atoms with E-state index in [1.807, 2.05) is 13.8 Å². The van der Waals surface area contributed by atoms with Crippen LogP contribution in [0.1, 0.15) is 137 Å². The molecule has 0 aliphatic carbocycles. The van der Waals surface area contributed by atoms with Crippen molar-refractivity contribution < 1.29 is 29.4 Å². The van der Waals surface area contributed by atoms with Crippen LogP contribution in [0.2, 0.25) is 0 Å². The molecule has 10 heteroatoms. The summed E-state index contributed by atoms with van der Waals surface area (Å²) in [5, 5.41) is 20.8. The van der Waals surface area contributed by atoms with Gasteiger partial charge in [-0.2, -0.15) is 0 Å². The van der Waals surface area contributed by atoms with E-state index in [-0.39, 0.29) is 29.0 Å². The number of hydrogen-bond donors (Lipinski definition) is 6. The van der Waals surface area contributed by atoms with E-state index < -0.39 is 35.5 Å². The normalized spacial score (nSPS) is 12.2. The van der Waals surface area contributed by atoms with Crippen LogP contribution in [0.5, 0.6) is 11.5 Å². The predicted octanol–water partition coefficient (Wildman–Crippen LogP) is 6.40. The molecule has 254 valence electrons. The second kappa shape index (κ2) is 20.9. The first-order chi connectivity index (χ1) is 22.1. The highest BCUT2D eigenvalue weighted by Gasteiger charge is 2.28. The first kappa shape index (κ1) is 38.1. The van der Waals surface area contributed by atoms with Crippen LogP contribution in [0.25, 0.3) is 0 Å². The number of benzene rings is 2. The number of rotatable bonds is 19. The number of phenols is 2. The van der Waals surface area contributed by atoms with E-state index in [9.17, 15) is 29.4 Å². The monoisotopic (exact) mass is 638 g/mol. The number of nitrogens with one attached hydrogen (secondary N) is 4. The summed E-state index contributed by atoms with van der Waals surface area (Å²) in [7, 11) is 0. The molecule has 0 aliphatic heterocycles. The first-order valence-corrected chi connectivity index (χ1v) is 17.0. The quantitative estimate of drug-likeness (QED) is 0.0773. The summed E-state index contributed by atoms with van der Waals surface area (Å²) in [4.78, 5) is 51.9. The first-order valence-electron chi connectivity index (χ1n) is 17.0. The van der Waals surface area contributed by atoms with Gasteiger partial charge < -0.3 is 10.2 Å². The van der Waals surface area contributed by atoms with E-state index in [2.05, 4.69) is 35.6 Å². The predicted molar refractivity (Wildman–Crippen MR) is 180 cm³/mol. The molecular formula is C36H54N4O6. The van der Waals surface area contributed by atoms with Gasteiger partial charge in [-0.25, -0.2) is 0 Å². The van der Waals surface area contributed by atoms with Crippen molar-refractivity contribution in [3.8, 4) is 11.5 Å². The van der Waals surface area contributed by atoms with Gasteiger partial charge in [0.05, 0.1) is 11.1 Å². The second-order valence-corrected chi connectivity index (χ2v) is 12.1. The fourth-order valence-electron chi connectivity index (χ4n) is 5.44. The fraction of sp³-hybridized carbons (Fsp3) is 0.556. The summed E-state index contributed by atoms with van der Waals surface area (Å²) < 4.78 is 0.